The molecule has 6 heteroatoms. The van der Waals surface area contributed by atoms with E-state index in [1.165, 1.54) is 10.8 Å². The molecule has 0 fully saturated rings. The van der Waals surface area contributed by atoms with Gasteiger partial charge in [0.2, 0.25) is 5.75 Å². The minimum absolute atomic E-state index is 0.508. The minimum Gasteiger partial charge on any atom is -0.493 e. The number of halogens is 1. The van der Waals surface area contributed by atoms with E-state index in [4.69, 9.17) is 25.8 Å². The molecule has 6 aromatic carbocycles. The lowest BCUT2D eigenvalue weighted by atomic mass is 10.1. The fraction of sp³-hybridized carbons (Fsp3) is 0.0270. The van der Waals surface area contributed by atoms with Crippen molar-refractivity contribution in [1.82, 2.24) is 4.57 Å². The highest BCUT2D eigenvalue weighted by atomic mass is 35.5. The van der Waals surface area contributed by atoms with E-state index in [2.05, 4.69) is 88.3 Å². The van der Waals surface area contributed by atoms with Gasteiger partial charge in [0, 0.05) is 51.1 Å². The number of nitrogens with zero attached hydrogens (tertiary/aromatic N) is 2. The molecule has 43 heavy (non-hydrogen) atoms. The van der Waals surface area contributed by atoms with Crippen molar-refractivity contribution in [3.8, 4) is 34.4 Å². The molecule has 208 valence electrons. The third-order valence-electron chi connectivity index (χ3n) is 7.77. The van der Waals surface area contributed by atoms with E-state index in [1.54, 1.807) is 19.2 Å². The third-order valence-corrected chi connectivity index (χ3v) is 8.00. The highest BCUT2D eigenvalue weighted by Crippen LogP contribution is 2.53. The van der Waals surface area contributed by atoms with Gasteiger partial charge in [-0.3, -0.25) is 0 Å². The van der Waals surface area contributed by atoms with E-state index in [1.807, 2.05) is 42.5 Å². The van der Waals surface area contributed by atoms with Gasteiger partial charge in [-0.25, -0.2) is 0 Å². The molecule has 0 bridgehead atoms. The van der Waals surface area contributed by atoms with Crippen LogP contribution in [0.4, 0.5) is 17.1 Å². The predicted octanol–water partition coefficient (Wildman–Crippen LogP) is 10.8. The minimum atomic E-state index is 0.508. The first-order chi connectivity index (χ1) is 21.2. The molecule has 0 aliphatic carbocycles. The summed E-state index contributed by atoms with van der Waals surface area (Å²) in [6.07, 6.45) is 0. The Morgan fingerprint density at radius 3 is 2.14 bits per heavy atom. The fourth-order valence-corrected chi connectivity index (χ4v) is 6.03. The van der Waals surface area contributed by atoms with Crippen LogP contribution in [0.25, 0.3) is 27.5 Å². The standard InChI is InChI=1S/C37H25ClN2O3/c1-41-35-22-28(23-36-37(35)43-34-20-24(38)16-19-33(34)42-36)39(25-10-4-2-5-11-25)27-17-18-30-29-14-8-9-15-31(29)40(32(30)21-27)26-12-6-3-7-13-26/h2-23H,1H3. The van der Waals surface area contributed by atoms with Gasteiger partial charge in [0.1, 0.15) is 0 Å². The van der Waals surface area contributed by atoms with E-state index in [0.717, 1.165) is 33.8 Å². The Balaban J connectivity index is 1.34. The summed E-state index contributed by atoms with van der Waals surface area (Å²) in [5.74, 6) is 2.76. The van der Waals surface area contributed by atoms with Gasteiger partial charge in [-0.15, -0.1) is 0 Å². The zero-order chi connectivity index (χ0) is 28.9. The smallest absolute Gasteiger partial charge is 0.212 e. The van der Waals surface area contributed by atoms with Gasteiger partial charge in [0.05, 0.1) is 23.8 Å². The van der Waals surface area contributed by atoms with Gasteiger partial charge >= 0.3 is 0 Å². The zero-order valence-corrected chi connectivity index (χ0v) is 24.0. The summed E-state index contributed by atoms with van der Waals surface area (Å²) in [7, 11) is 1.63. The van der Waals surface area contributed by atoms with Crippen molar-refractivity contribution in [2.45, 2.75) is 0 Å². The Morgan fingerprint density at radius 1 is 0.581 bits per heavy atom. The highest BCUT2D eigenvalue weighted by molar-refractivity contribution is 6.30. The molecule has 8 rings (SSSR count). The van der Waals surface area contributed by atoms with E-state index in [0.29, 0.717) is 33.8 Å². The van der Waals surface area contributed by atoms with Gasteiger partial charge in [-0.2, -0.15) is 0 Å². The molecule has 0 saturated heterocycles. The van der Waals surface area contributed by atoms with Crippen molar-refractivity contribution in [2.75, 3.05) is 12.0 Å². The summed E-state index contributed by atoms with van der Waals surface area (Å²) >= 11 is 6.22. The molecule has 5 nitrogen and oxygen atoms in total. The first kappa shape index (κ1) is 25.3. The van der Waals surface area contributed by atoms with E-state index in [-0.39, 0.29) is 0 Å². The lowest BCUT2D eigenvalue weighted by molar-refractivity contribution is 0.329. The SMILES string of the molecule is COc1cc(N(c2ccccc2)c2ccc3c4ccccc4n(-c4ccccc4)c3c2)cc2c1Oc1cc(Cl)ccc1O2. The molecule has 2 heterocycles. The maximum Gasteiger partial charge on any atom is 0.212 e. The second kappa shape index (κ2) is 10.2. The first-order valence-electron chi connectivity index (χ1n) is 14.0. The second-order valence-corrected chi connectivity index (χ2v) is 10.8. The average Bonchev–Trinajstić information content (AvgIpc) is 3.38. The number of benzene rings is 6. The van der Waals surface area contributed by atoms with Gasteiger partial charge in [-0.1, -0.05) is 72.3 Å². The maximum absolute atomic E-state index is 6.33. The van der Waals surface area contributed by atoms with Crippen molar-refractivity contribution in [2.24, 2.45) is 0 Å². The number of hydrogen-bond donors (Lipinski definition) is 0. The monoisotopic (exact) mass is 580 g/mol. The molecule has 0 unspecified atom stereocenters. The van der Waals surface area contributed by atoms with E-state index >= 15 is 0 Å². The predicted molar refractivity (Wildman–Crippen MR) is 174 cm³/mol. The normalized spacial score (nSPS) is 11.9. The van der Waals surface area contributed by atoms with Crippen molar-refractivity contribution in [3.63, 3.8) is 0 Å². The van der Waals surface area contributed by atoms with Crippen LogP contribution in [-0.4, -0.2) is 11.7 Å². The number of aromatic nitrogens is 1. The highest BCUT2D eigenvalue weighted by Gasteiger charge is 2.26. The van der Waals surface area contributed by atoms with Crippen LogP contribution in [0.1, 0.15) is 0 Å². The summed E-state index contributed by atoms with van der Waals surface area (Å²) in [6, 6.07) is 45.2. The van der Waals surface area contributed by atoms with Crippen molar-refractivity contribution < 1.29 is 14.2 Å². The van der Waals surface area contributed by atoms with Crippen molar-refractivity contribution in [3.05, 3.63) is 138 Å². The average molecular weight is 581 g/mol. The number of ether oxygens (including phenoxy) is 3. The summed E-state index contributed by atoms with van der Waals surface area (Å²) in [5, 5.41) is 2.96. The Bertz CT molecular complexity index is 2140. The van der Waals surface area contributed by atoms with E-state index in [9.17, 15) is 0 Å². The number of para-hydroxylation sites is 3. The van der Waals surface area contributed by atoms with Crippen LogP contribution in [0.15, 0.2) is 133 Å². The molecule has 0 atom stereocenters. The Hall–Kier alpha value is -5.39. The molecule has 0 N–H and O–H groups in total. The van der Waals surface area contributed by atoms with Gasteiger partial charge < -0.3 is 23.7 Å². The Labute approximate surface area is 253 Å². The third kappa shape index (κ3) is 4.25. The number of anilines is 3. The number of methoxy groups -OCH3 is 1. The molecule has 1 aliphatic heterocycles. The fourth-order valence-electron chi connectivity index (χ4n) is 5.87. The topological polar surface area (TPSA) is 35.9 Å². The van der Waals surface area contributed by atoms with Crippen LogP contribution in [0.5, 0.6) is 28.7 Å². The molecule has 7 aromatic rings. The van der Waals surface area contributed by atoms with Crippen molar-refractivity contribution >= 4 is 50.5 Å². The number of hydrogen-bond acceptors (Lipinski definition) is 4. The lowest BCUT2D eigenvalue weighted by Crippen LogP contribution is -2.11. The molecule has 1 aliphatic rings. The maximum atomic E-state index is 6.33. The van der Waals surface area contributed by atoms with Crippen LogP contribution >= 0.6 is 11.6 Å². The lowest BCUT2D eigenvalue weighted by Gasteiger charge is -2.29. The molecule has 0 amide bonds. The zero-order valence-electron chi connectivity index (χ0n) is 23.2. The molecule has 1 aromatic heterocycles. The number of rotatable bonds is 5. The molecule has 0 saturated carbocycles. The van der Waals surface area contributed by atoms with Crippen LogP contribution in [0, 0.1) is 0 Å². The number of fused-ring (bicyclic) bond motifs is 5. The van der Waals surface area contributed by atoms with Gasteiger partial charge in [0.25, 0.3) is 0 Å². The quantitative estimate of drug-likeness (QED) is 0.203. The molecule has 0 radical (unpaired) electrons. The van der Waals surface area contributed by atoms with Gasteiger partial charge in [0.15, 0.2) is 23.0 Å². The van der Waals surface area contributed by atoms with Crippen LogP contribution in [-0.2, 0) is 0 Å². The summed E-state index contributed by atoms with van der Waals surface area (Å²) in [4.78, 5) is 2.20. The van der Waals surface area contributed by atoms with E-state index < -0.39 is 0 Å². The Kier molecular flexibility index (Phi) is 5.98. The van der Waals surface area contributed by atoms with Gasteiger partial charge in [-0.05, 0) is 54.6 Å². The Morgan fingerprint density at radius 2 is 1.33 bits per heavy atom. The van der Waals surface area contributed by atoms with Crippen molar-refractivity contribution in [1.29, 1.82) is 0 Å². The largest absolute Gasteiger partial charge is 0.493 e. The van der Waals surface area contributed by atoms with Crippen LogP contribution in [0.3, 0.4) is 0 Å². The summed E-state index contributed by atoms with van der Waals surface area (Å²) in [5.41, 5.74) is 6.23. The summed E-state index contributed by atoms with van der Waals surface area (Å²) < 4.78 is 20.7. The van der Waals surface area contributed by atoms with Crippen LogP contribution in [0.2, 0.25) is 5.02 Å². The molecular weight excluding hydrogens is 556 g/mol. The molecular formula is C37H25ClN2O3. The molecule has 0 spiro atoms. The summed E-state index contributed by atoms with van der Waals surface area (Å²) in [6.45, 7) is 0. The first-order valence-corrected chi connectivity index (χ1v) is 14.4. The second-order valence-electron chi connectivity index (χ2n) is 10.3. The van der Waals surface area contributed by atoms with Crippen LogP contribution < -0.4 is 19.1 Å².